The molecule has 0 N–H and O–H groups in total. The fourth-order valence-corrected chi connectivity index (χ4v) is 3.58. The van der Waals surface area contributed by atoms with Crippen molar-refractivity contribution in [2.24, 2.45) is 0 Å². The molecule has 0 bridgehead atoms. The molecule has 0 radical (unpaired) electrons. The fraction of sp³-hybridized carbons (Fsp3) is 0.154. The van der Waals surface area contributed by atoms with Gasteiger partial charge in [0.25, 0.3) is 5.91 Å². The first-order valence-electron chi connectivity index (χ1n) is 10.3. The standard InChI is InChI=1S/C26H23N3O2/c27-20-22(18-21-8-7-13-25(19-21)31-24-11-5-2-6-12-24)26(30)29-16-14-28(15-17-29)23-9-3-1-4-10-23/h1-13,18-19H,14-17H2/b22-18-. The van der Waals surface area contributed by atoms with Gasteiger partial charge in [0.1, 0.15) is 23.1 Å². The van der Waals surface area contributed by atoms with E-state index in [4.69, 9.17) is 4.74 Å². The van der Waals surface area contributed by atoms with Crippen LogP contribution in [0.2, 0.25) is 0 Å². The summed E-state index contributed by atoms with van der Waals surface area (Å²) in [5.74, 6) is 1.15. The zero-order chi connectivity index (χ0) is 21.5. The van der Waals surface area contributed by atoms with E-state index in [0.717, 1.165) is 30.1 Å². The molecular formula is C26H23N3O2. The largest absolute Gasteiger partial charge is 0.457 e. The lowest BCUT2D eigenvalue weighted by Gasteiger charge is -2.36. The molecule has 1 aliphatic rings. The summed E-state index contributed by atoms with van der Waals surface area (Å²) in [5, 5.41) is 9.62. The van der Waals surface area contributed by atoms with Crippen LogP contribution in [-0.4, -0.2) is 37.0 Å². The molecule has 0 saturated carbocycles. The summed E-state index contributed by atoms with van der Waals surface area (Å²) in [5.41, 5.74) is 2.03. The molecule has 0 aromatic heterocycles. The molecule has 3 aromatic carbocycles. The van der Waals surface area contributed by atoms with Crippen LogP contribution in [0.15, 0.2) is 90.5 Å². The smallest absolute Gasteiger partial charge is 0.264 e. The van der Waals surface area contributed by atoms with Gasteiger partial charge in [-0.2, -0.15) is 5.26 Å². The normalized spacial score (nSPS) is 14.1. The van der Waals surface area contributed by atoms with Gasteiger partial charge in [-0.3, -0.25) is 4.79 Å². The maximum absolute atomic E-state index is 12.9. The predicted molar refractivity (Wildman–Crippen MR) is 122 cm³/mol. The average molecular weight is 409 g/mol. The van der Waals surface area contributed by atoms with Gasteiger partial charge in [0.2, 0.25) is 0 Å². The van der Waals surface area contributed by atoms with Crippen LogP contribution in [0.25, 0.3) is 6.08 Å². The SMILES string of the molecule is N#C/C(=C/c1cccc(Oc2ccccc2)c1)C(=O)N1CCN(c2ccccc2)CC1. The Hall–Kier alpha value is -4.04. The molecule has 1 fully saturated rings. The maximum Gasteiger partial charge on any atom is 0.264 e. The van der Waals surface area contributed by atoms with E-state index in [9.17, 15) is 10.1 Å². The highest BCUT2D eigenvalue weighted by molar-refractivity contribution is 6.01. The van der Waals surface area contributed by atoms with E-state index in [-0.39, 0.29) is 11.5 Å². The predicted octanol–water partition coefficient (Wildman–Crippen LogP) is 4.73. The number of amides is 1. The third-order valence-electron chi connectivity index (χ3n) is 5.19. The number of para-hydroxylation sites is 2. The zero-order valence-corrected chi connectivity index (χ0v) is 17.1. The molecular weight excluding hydrogens is 386 g/mol. The third-order valence-corrected chi connectivity index (χ3v) is 5.19. The Balaban J connectivity index is 1.43. The summed E-state index contributed by atoms with van der Waals surface area (Å²) in [4.78, 5) is 16.9. The minimum absolute atomic E-state index is 0.130. The van der Waals surface area contributed by atoms with Gasteiger partial charge in [0, 0.05) is 31.9 Å². The van der Waals surface area contributed by atoms with Gasteiger partial charge in [-0.1, -0.05) is 48.5 Å². The molecule has 154 valence electrons. The lowest BCUT2D eigenvalue weighted by Crippen LogP contribution is -2.49. The van der Waals surface area contributed by atoms with Crippen molar-refractivity contribution >= 4 is 17.7 Å². The molecule has 1 saturated heterocycles. The van der Waals surface area contributed by atoms with E-state index in [1.807, 2.05) is 72.8 Å². The second-order valence-electron chi connectivity index (χ2n) is 7.27. The number of nitrogens with zero attached hydrogens (tertiary/aromatic N) is 3. The van der Waals surface area contributed by atoms with Gasteiger partial charge in [-0.25, -0.2) is 0 Å². The van der Waals surface area contributed by atoms with Crippen molar-refractivity contribution in [3.8, 4) is 17.6 Å². The van der Waals surface area contributed by atoms with Crippen molar-refractivity contribution in [1.82, 2.24) is 4.90 Å². The molecule has 0 atom stereocenters. The summed E-state index contributed by atoms with van der Waals surface area (Å²) in [6.45, 7) is 2.66. The van der Waals surface area contributed by atoms with Gasteiger partial charge < -0.3 is 14.5 Å². The maximum atomic E-state index is 12.9. The van der Waals surface area contributed by atoms with Gasteiger partial charge in [-0.05, 0) is 48.0 Å². The second-order valence-corrected chi connectivity index (χ2v) is 7.27. The Morgan fingerprint density at radius 3 is 2.16 bits per heavy atom. The monoisotopic (exact) mass is 409 g/mol. The van der Waals surface area contributed by atoms with Crippen LogP contribution in [0.5, 0.6) is 11.5 Å². The number of hydrogen-bond donors (Lipinski definition) is 0. The molecule has 0 aliphatic carbocycles. The van der Waals surface area contributed by atoms with E-state index in [0.29, 0.717) is 18.8 Å². The highest BCUT2D eigenvalue weighted by atomic mass is 16.5. The third kappa shape index (κ3) is 5.12. The molecule has 3 aromatic rings. The minimum Gasteiger partial charge on any atom is -0.457 e. The van der Waals surface area contributed by atoms with E-state index in [1.165, 1.54) is 0 Å². The van der Waals surface area contributed by atoms with E-state index < -0.39 is 0 Å². The van der Waals surface area contributed by atoms with Gasteiger partial charge in [-0.15, -0.1) is 0 Å². The highest BCUT2D eigenvalue weighted by Gasteiger charge is 2.23. The van der Waals surface area contributed by atoms with Crippen LogP contribution in [0.4, 0.5) is 5.69 Å². The van der Waals surface area contributed by atoms with Gasteiger partial charge >= 0.3 is 0 Å². The number of piperazine rings is 1. The Kier molecular flexibility index (Phi) is 6.29. The Labute approximate surface area is 182 Å². The molecule has 5 nitrogen and oxygen atoms in total. The fourth-order valence-electron chi connectivity index (χ4n) is 3.58. The lowest BCUT2D eigenvalue weighted by atomic mass is 10.1. The molecule has 31 heavy (non-hydrogen) atoms. The molecule has 5 heteroatoms. The van der Waals surface area contributed by atoms with Gasteiger partial charge in [0.15, 0.2) is 0 Å². The summed E-state index contributed by atoms with van der Waals surface area (Å²) < 4.78 is 5.85. The van der Waals surface area contributed by atoms with Crippen molar-refractivity contribution in [1.29, 1.82) is 5.26 Å². The Morgan fingerprint density at radius 1 is 0.839 bits per heavy atom. The van der Waals surface area contributed by atoms with Gasteiger partial charge in [0.05, 0.1) is 0 Å². The zero-order valence-electron chi connectivity index (χ0n) is 17.1. The average Bonchev–Trinajstić information content (AvgIpc) is 2.84. The molecule has 4 rings (SSSR count). The topological polar surface area (TPSA) is 56.6 Å². The lowest BCUT2D eigenvalue weighted by molar-refractivity contribution is -0.126. The summed E-state index contributed by atoms with van der Waals surface area (Å²) >= 11 is 0. The second kappa shape index (κ2) is 9.64. The van der Waals surface area contributed by atoms with Crippen molar-refractivity contribution in [3.63, 3.8) is 0 Å². The Morgan fingerprint density at radius 2 is 1.48 bits per heavy atom. The van der Waals surface area contributed by atoms with Crippen LogP contribution in [-0.2, 0) is 4.79 Å². The van der Waals surface area contributed by atoms with E-state index in [2.05, 4.69) is 23.1 Å². The summed E-state index contributed by atoms with van der Waals surface area (Å²) in [6.07, 6.45) is 1.63. The van der Waals surface area contributed by atoms with Crippen molar-refractivity contribution < 1.29 is 9.53 Å². The first kappa shape index (κ1) is 20.2. The van der Waals surface area contributed by atoms with Crippen LogP contribution in [0.3, 0.4) is 0 Å². The first-order valence-corrected chi connectivity index (χ1v) is 10.3. The number of hydrogen-bond acceptors (Lipinski definition) is 4. The molecule has 1 aliphatic heterocycles. The molecule has 0 spiro atoms. The van der Waals surface area contributed by atoms with Crippen molar-refractivity contribution in [3.05, 3.63) is 96.1 Å². The number of carbonyl (C=O) groups excluding carboxylic acids is 1. The van der Waals surface area contributed by atoms with Crippen molar-refractivity contribution in [2.75, 3.05) is 31.1 Å². The first-order chi connectivity index (χ1) is 15.2. The number of rotatable bonds is 5. The number of carbonyl (C=O) groups is 1. The van der Waals surface area contributed by atoms with Crippen molar-refractivity contribution in [2.45, 2.75) is 0 Å². The Bertz CT molecular complexity index is 1100. The number of ether oxygens (including phenoxy) is 1. The van der Waals surface area contributed by atoms with Crippen LogP contribution in [0, 0.1) is 11.3 Å². The van der Waals surface area contributed by atoms with Crippen LogP contribution < -0.4 is 9.64 Å². The van der Waals surface area contributed by atoms with E-state index >= 15 is 0 Å². The number of anilines is 1. The minimum atomic E-state index is -0.232. The molecule has 1 heterocycles. The summed E-state index contributed by atoms with van der Waals surface area (Å²) in [7, 11) is 0. The quantitative estimate of drug-likeness (QED) is 0.451. The molecule has 1 amide bonds. The van der Waals surface area contributed by atoms with Crippen LogP contribution in [0.1, 0.15) is 5.56 Å². The molecule has 0 unspecified atom stereocenters. The summed E-state index contributed by atoms with van der Waals surface area (Å²) in [6, 6.07) is 29.1. The number of nitriles is 1. The highest BCUT2D eigenvalue weighted by Crippen LogP contribution is 2.23. The van der Waals surface area contributed by atoms with Crippen LogP contribution >= 0.6 is 0 Å². The number of benzene rings is 3. The van der Waals surface area contributed by atoms with E-state index in [1.54, 1.807) is 11.0 Å².